The largest absolute Gasteiger partial charge is 0.339 e. The molecule has 1 heterocycles. The second-order valence-corrected chi connectivity index (χ2v) is 8.86. The Kier molecular flexibility index (Phi) is 5.14. The van der Waals surface area contributed by atoms with Gasteiger partial charge in [0, 0.05) is 5.69 Å². The maximum atomic E-state index is 12.3. The fourth-order valence-electron chi connectivity index (χ4n) is 2.45. The van der Waals surface area contributed by atoms with Crippen LogP contribution in [0.15, 0.2) is 71.6 Å². The minimum Gasteiger partial charge on any atom is -0.339 e. The molecule has 0 aliphatic rings. The highest BCUT2D eigenvalue weighted by molar-refractivity contribution is 7.92. The van der Waals surface area contributed by atoms with E-state index in [1.807, 2.05) is 12.1 Å². The Balaban J connectivity index is 1.69. The molecule has 140 valence electrons. The number of hydrogen-bond acceptors (Lipinski definition) is 5. The van der Waals surface area contributed by atoms with Crippen LogP contribution >= 0.6 is 0 Å². The Hall–Kier alpha value is -2.93. The third-order valence-corrected chi connectivity index (χ3v) is 5.35. The molecule has 6 nitrogen and oxygen atoms in total. The second-order valence-electron chi connectivity index (χ2n) is 7.17. The summed E-state index contributed by atoms with van der Waals surface area (Å²) in [6, 6.07) is 19.5. The van der Waals surface area contributed by atoms with Gasteiger partial charge in [0.25, 0.3) is 10.0 Å². The molecular weight excluding hydrogens is 360 g/mol. The van der Waals surface area contributed by atoms with E-state index in [1.54, 1.807) is 30.3 Å². The minimum atomic E-state index is -3.68. The van der Waals surface area contributed by atoms with Crippen molar-refractivity contribution in [2.75, 3.05) is 10.0 Å². The minimum absolute atomic E-state index is 0.0932. The van der Waals surface area contributed by atoms with E-state index in [1.165, 1.54) is 17.7 Å². The maximum Gasteiger partial charge on any atom is 0.263 e. The highest BCUT2D eigenvalue weighted by atomic mass is 32.2. The van der Waals surface area contributed by atoms with Crippen molar-refractivity contribution < 1.29 is 8.42 Å². The summed E-state index contributed by atoms with van der Waals surface area (Å²) in [5.41, 5.74) is 2.22. The predicted molar refractivity (Wildman–Crippen MR) is 108 cm³/mol. The molecule has 0 amide bonds. The summed E-state index contributed by atoms with van der Waals surface area (Å²) in [6.07, 6.45) is 0. The molecular formula is C20H22N4O2S. The van der Waals surface area contributed by atoms with Gasteiger partial charge in [-0.05, 0) is 47.4 Å². The van der Waals surface area contributed by atoms with E-state index in [-0.39, 0.29) is 16.1 Å². The Morgan fingerprint density at radius 1 is 0.778 bits per heavy atom. The fourth-order valence-corrected chi connectivity index (χ4v) is 3.47. The van der Waals surface area contributed by atoms with E-state index in [9.17, 15) is 8.42 Å². The van der Waals surface area contributed by atoms with Crippen molar-refractivity contribution in [3.63, 3.8) is 0 Å². The molecule has 0 aliphatic heterocycles. The number of benzene rings is 2. The summed E-state index contributed by atoms with van der Waals surface area (Å²) in [7, 11) is -3.68. The van der Waals surface area contributed by atoms with Gasteiger partial charge in [0.1, 0.15) is 0 Å². The molecule has 0 bridgehead atoms. The molecule has 2 aromatic carbocycles. The van der Waals surface area contributed by atoms with Gasteiger partial charge in [0.15, 0.2) is 11.6 Å². The van der Waals surface area contributed by atoms with E-state index in [2.05, 4.69) is 53.1 Å². The maximum absolute atomic E-state index is 12.3. The number of aromatic nitrogens is 2. The van der Waals surface area contributed by atoms with Crippen LogP contribution in [-0.2, 0) is 15.4 Å². The number of nitrogens with one attached hydrogen (secondary N) is 2. The van der Waals surface area contributed by atoms with E-state index in [0.29, 0.717) is 5.82 Å². The van der Waals surface area contributed by atoms with Gasteiger partial charge in [-0.25, -0.2) is 8.42 Å². The highest BCUT2D eigenvalue weighted by Crippen LogP contribution is 2.24. The van der Waals surface area contributed by atoms with Crippen LogP contribution in [0.4, 0.5) is 17.3 Å². The lowest BCUT2D eigenvalue weighted by molar-refractivity contribution is 0.590. The first-order chi connectivity index (χ1) is 12.7. The Labute approximate surface area is 159 Å². The first-order valence-electron chi connectivity index (χ1n) is 8.53. The molecule has 27 heavy (non-hydrogen) atoms. The van der Waals surface area contributed by atoms with E-state index < -0.39 is 10.0 Å². The van der Waals surface area contributed by atoms with Gasteiger partial charge >= 0.3 is 0 Å². The van der Waals surface area contributed by atoms with E-state index in [4.69, 9.17) is 0 Å². The Morgan fingerprint density at radius 2 is 1.37 bits per heavy atom. The van der Waals surface area contributed by atoms with Gasteiger partial charge in [-0.1, -0.05) is 51.1 Å². The number of sulfonamides is 1. The molecule has 0 aliphatic carbocycles. The van der Waals surface area contributed by atoms with Crippen LogP contribution in [0.1, 0.15) is 26.3 Å². The van der Waals surface area contributed by atoms with Gasteiger partial charge < -0.3 is 5.32 Å². The lowest BCUT2D eigenvalue weighted by atomic mass is 9.87. The van der Waals surface area contributed by atoms with Crippen LogP contribution in [0.5, 0.6) is 0 Å². The summed E-state index contributed by atoms with van der Waals surface area (Å²) < 4.78 is 27.0. The smallest absolute Gasteiger partial charge is 0.263 e. The summed E-state index contributed by atoms with van der Waals surface area (Å²) in [6.45, 7) is 6.49. The van der Waals surface area contributed by atoms with Crippen LogP contribution in [0.2, 0.25) is 0 Å². The summed E-state index contributed by atoms with van der Waals surface area (Å²) >= 11 is 0. The first kappa shape index (κ1) is 18.8. The van der Waals surface area contributed by atoms with Crippen LogP contribution in [0.25, 0.3) is 0 Å². The third-order valence-electron chi connectivity index (χ3n) is 3.98. The second kappa shape index (κ2) is 7.36. The predicted octanol–water partition coefficient (Wildman–Crippen LogP) is 4.32. The average Bonchev–Trinajstić information content (AvgIpc) is 2.64. The van der Waals surface area contributed by atoms with Gasteiger partial charge in [-0.15, -0.1) is 10.2 Å². The average molecular weight is 382 g/mol. The van der Waals surface area contributed by atoms with Crippen LogP contribution in [-0.4, -0.2) is 18.6 Å². The molecule has 7 heteroatoms. The first-order valence-corrected chi connectivity index (χ1v) is 10.0. The molecule has 0 spiro atoms. The SMILES string of the molecule is CC(C)(C)c1ccc(Nc2ccc(NS(=O)(=O)c3ccccc3)nn2)cc1. The molecule has 0 unspecified atom stereocenters. The molecule has 3 aromatic rings. The molecule has 2 N–H and O–H groups in total. The normalized spacial score (nSPS) is 11.8. The molecule has 0 saturated carbocycles. The van der Waals surface area contributed by atoms with Crippen LogP contribution < -0.4 is 10.0 Å². The highest BCUT2D eigenvalue weighted by Gasteiger charge is 2.15. The van der Waals surface area contributed by atoms with E-state index in [0.717, 1.165) is 5.69 Å². The lowest BCUT2D eigenvalue weighted by Gasteiger charge is -2.19. The monoisotopic (exact) mass is 382 g/mol. The summed E-state index contributed by atoms with van der Waals surface area (Å²) in [5.74, 6) is 0.689. The zero-order valence-electron chi connectivity index (χ0n) is 15.5. The molecule has 1 aromatic heterocycles. The molecule has 0 fully saturated rings. The molecule has 3 rings (SSSR count). The van der Waals surface area contributed by atoms with E-state index >= 15 is 0 Å². The zero-order valence-corrected chi connectivity index (χ0v) is 16.3. The van der Waals surface area contributed by atoms with Crippen molar-refractivity contribution >= 4 is 27.3 Å². The number of rotatable bonds is 5. The topological polar surface area (TPSA) is 84.0 Å². The van der Waals surface area contributed by atoms with Crippen molar-refractivity contribution in [3.05, 3.63) is 72.3 Å². The van der Waals surface area contributed by atoms with Crippen LogP contribution in [0, 0.1) is 0 Å². The van der Waals surface area contributed by atoms with Gasteiger partial charge in [0.2, 0.25) is 0 Å². The zero-order chi connectivity index (χ0) is 19.5. The molecule has 0 saturated heterocycles. The summed E-state index contributed by atoms with van der Waals surface area (Å²) in [5, 5.41) is 11.1. The van der Waals surface area contributed by atoms with Crippen molar-refractivity contribution in [2.45, 2.75) is 31.1 Å². The third kappa shape index (κ3) is 4.83. The van der Waals surface area contributed by atoms with Gasteiger partial charge in [-0.3, -0.25) is 4.72 Å². The van der Waals surface area contributed by atoms with Crippen molar-refractivity contribution in [3.8, 4) is 0 Å². The fraction of sp³-hybridized carbons (Fsp3) is 0.200. The molecule has 0 radical (unpaired) electrons. The Bertz CT molecular complexity index is 995. The van der Waals surface area contributed by atoms with Gasteiger partial charge in [-0.2, -0.15) is 0 Å². The Morgan fingerprint density at radius 3 is 1.93 bits per heavy atom. The number of hydrogen-bond donors (Lipinski definition) is 2. The number of anilines is 3. The van der Waals surface area contributed by atoms with Crippen molar-refractivity contribution in [1.29, 1.82) is 0 Å². The van der Waals surface area contributed by atoms with Crippen molar-refractivity contribution in [1.82, 2.24) is 10.2 Å². The van der Waals surface area contributed by atoms with Crippen molar-refractivity contribution in [2.24, 2.45) is 0 Å². The quantitative estimate of drug-likeness (QED) is 0.687. The van der Waals surface area contributed by atoms with Gasteiger partial charge in [0.05, 0.1) is 4.90 Å². The number of nitrogens with zero attached hydrogens (tertiary/aromatic N) is 2. The van der Waals surface area contributed by atoms with Crippen LogP contribution in [0.3, 0.4) is 0 Å². The standard InChI is InChI=1S/C20H22N4O2S/c1-20(2,3)15-9-11-16(12-10-15)21-18-13-14-19(23-22-18)24-27(25,26)17-7-5-4-6-8-17/h4-14H,1-3H3,(H,21,22)(H,23,24). The molecule has 0 atom stereocenters. The lowest BCUT2D eigenvalue weighted by Crippen LogP contribution is -2.14. The summed E-state index contributed by atoms with van der Waals surface area (Å²) in [4.78, 5) is 0.174.